The first-order valence-electron chi connectivity index (χ1n) is 6.71. The third-order valence-electron chi connectivity index (χ3n) is 2.96. The van der Waals surface area contributed by atoms with Crippen molar-refractivity contribution < 1.29 is 9.47 Å². The summed E-state index contributed by atoms with van der Waals surface area (Å²) in [4.78, 5) is 0. The molecule has 0 N–H and O–H groups in total. The van der Waals surface area contributed by atoms with Gasteiger partial charge in [-0.05, 0) is 36.8 Å². The van der Waals surface area contributed by atoms with Gasteiger partial charge in [-0.1, -0.05) is 29.8 Å². The zero-order valence-electron chi connectivity index (χ0n) is 11.8. The summed E-state index contributed by atoms with van der Waals surface area (Å²) in [7, 11) is 0. The van der Waals surface area contributed by atoms with Crippen molar-refractivity contribution in [3.05, 3.63) is 58.6 Å². The second-order valence-electron chi connectivity index (χ2n) is 4.57. The number of halogens is 1. The summed E-state index contributed by atoms with van der Waals surface area (Å²) < 4.78 is 11.3. The van der Waals surface area contributed by atoms with Crippen molar-refractivity contribution in [3.63, 3.8) is 0 Å². The molecule has 0 aliphatic heterocycles. The predicted molar refractivity (Wildman–Crippen MR) is 83.0 cm³/mol. The molecule has 0 radical (unpaired) electrons. The Labute approximate surface area is 129 Å². The van der Waals surface area contributed by atoms with Crippen LogP contribution in [0.15, 0.2) is 42.5 Å². The highest BCUT2D eigenvalue weighted by Crippen LogP contribution is 2.25. The third-order valence-corrected chi connectivity index (χ3v) is 3.25. The van der Waals surface area contributed by atoms with E-state index in [4.69, 9.17) is 26.3 Å². The highest BCUT2D eigenvalue weighted by molar-refractivity contribution is 6.32. The van der Waals surface area contributed by atoms with Crippen molar-refractivity contribution >= 4 is 11.6 Å². The van der Waals surface area contributed by atoms with Crippen LogP contribution in [0.3, 0.4) is 0 Å². The lowest BCUT2D eigenvalue weighted by atomic mass is 10.2. The van der Waals surface area contributed by atoms with Crippen molar-refractivity contribution in [1.29, 1.82) is 5.26 Å². The van der Waals surface area contributed by atoms with Crippen molar-refractivity contribution in [1.82, 2.24) is 0 Å². The predicted octanol–water partition coefficient (Wildman–Crippen LogP) is 4.37. The Balaban J connectivity index is 1.75. The Hall–Kier alpha value is -2.18. The number of ether oxygens (including phenoxy) is 2. The van der Waals surface area contributed by atoms with Crippen molar-refractivity contribution in [2.75, 3.05) is 13.2 Å². The number of rotatable bonds is 6. The molecule has 0 heterocycles. The van der Waals surface area contributed by atoms with Crippen LogP contribution in [-0.4, -0.2) is 13.2 Å². The van der Waals surface area contributed by atoms with E-state index in [0.717, 1.165) is 17.7 Å². The molecule has 0 saturated heterocycles. The molecule has 0 unspecified atom stereocenters. The molecule has 4 heteroatoms. The fraction of sp³-hybridized carbons (Fsp3) is 0.235. The molecular formula is C17H16ClNO2. The first-order chi connectivity index (χ1) is 10.2. The average molecular weight is 302 g/mol. The third kappa shape index (κ3) is 4.40. The van der Waals surface area contributed by atoms with Crippen LogP contribution in [-0.2, 0) is 0 Å². The van der Waals surface area contributed by atoms with Crippen LogP contribution in [0.4, 0.5) is 0 Å². The molecule has 108 valence electrons. The minimum Gasteiger partial charge on any atom is -0.493 e. The quantitative estimate of drug-likeness (QED) is 0.744. The van der Waals surface area contributed by atoms with Gasteiger partial charge in [-0.15, -0.1) is 0 Å². The molecule has 0 aromatic heterocycles. The fourth-order valence-electron chi connectivity index (χ4n) is 1.83. The van der Waals surface area contributed by atoms with E-state index < -0.39 is 0 Å². The summed E-state index contributed by atoms with van der Waals surface area (Å²) in [6, 6.07) is 14.9. The first kappa shape index (κ1) is 15.2. The van der Waals surface area contributed by atoms with Gasteiger partial charge in [0, 0.05) is 6.42 Å². The Morgan fingerprint density at radius 3 is 2.43 bits per heavy atom. The second-order valence-corrected chi connectivity index (χ2v) is 4.98. The van der Waals surface area contributed by atoms with Crippen molar-refractivity contribution in [2.45, 2.75) is 13.3 Å². The smallest absolute Gasteiger partial charge is 0.137 e. The lowest BCUT2D eigenvalue weighted by Crippen LogP contribution is -2.05. The number of nitriles is 1. The number of para-hydroxylation sites is 1. The Morgan fingerprint density at radius 2 is 1.76 bits per heavy atom. The van der Waals surface area contributed by atoms with E-state index in [2.05, 4.69) is 0 Å². The zero-order valence-corrected chi connectivity index (χ0v) is 12.6. The largest absolute Gasteiger partial charge is 0.493 e. The Morgan fingerprint density at radius 1 is 1.05 bits per heavy atom. The van der Waals surface area contributed by atoms with Gasteiger partial charge in [0.25, 0.3) is 0 Å². The number of hydrogen-bond donors (Lipinski definition) is 0. The second kappa shape index (κ2) is 7.56. The van der Waals surface area contributed by atoms with E-state index in [1.54, 1.807) is 18.2 Å². The molecule has 2 rings (SSSR count). The van der Waals surface area contributed by atoms with Crippen LogP contribution in [0.2, 0.25) is 5.02 Å². The minimum absolute atomic E-state index is 0.453. The highest BCUT2D eigenvalue weighted by atomic mass is 35.5. The van der Waals surface area contributed by atoms with Gasteiger partial charge in [0.2, 0.25) is 0 Å². The van der Waals surface area contributed by atoms with Crippen LogP contribution in [0, 0.1) is 18.3 Å². The summed E-state index contributed by atoms with van der Waals surface area (Å²) in [6.07, 6.45) is 0.755. The van der Waals surface area contributed by atoms with Gasteiger partial charge in [-0.3, -0.25) is 0 Å². The molecule has 0 spiro atoms. The lowest BCUT2D eigenvalue weighted by Gasteiger charge is -2.10. The van der Waals surface area contributed by atoms with Gasteiger partial charge in [0.1, 0.15) is 11.5 Å². The molecule has 2 aromatic carbocycles. The Kier molecular flexibility index (Phi) is 5.48. The van der Waals surface area contributed by atoms with E-state index in [-0.39, 0.29) is 0 Å². The maximum Gasteiger partial charge on any atom is 0.137 e. The normalized spacial score (nSPS) is 9.95. The molecule has 0 bridgehead atoms. The standard InChI is InChI=1S/C17H16ClNO2/c1-13-5-2-3-6-16(13)20-9-4-10-21-17-8-7-14(12-19)11-15(17)18/h2-3,5-8,11H,4,9-10H2,1H3. The van der Waals surface area contributed by atoms with E-state index in [0.29, 0.717) is 29.5 Å². The molecule has 0 aliphatic carbocycles. The molecule has 3 nitrogen and oxygen atoms in total. The van der Waals surface area contributed by atoms with E-state index in [1.807, 2.05) is 37.3 Å². The molecule has 0 saturated carbocycles. The number of aryl methyl sites for hydroxylation is 1. The number of nitrogens with zero attached hydrogens (tertiary/aromatic N) is 1. The minimum atomic E-state index is 0.453. The Bertz CT molecular complexity index is 649. The summed E-state index contributed by atoms with van der Waals surface area (Å²) in [5, 5.41) is 9.22. The molecule has 21 heavy (non-hydrogen) atoms. The molecule has 2 aromatic rings. The molecule has 0 atom stereocenters. The monoisotopic (exact) mass is 301 g/mol. The fourth-order valence-corrected chi connectivity index (χ4v) is 2.06. The van der Waals surface area contributed by atoms with Crippen LogP contribution < -0.4 is 9.47 Å². The average Bonchev–Trinajstić information content (AvgIpc) is 2.50. The summed E-state index contributed by atoms with van der Waals surface area (Å²) in [6.45, 7) is 3.11. The van der Waals surface area contributed by atoms with Crippen LogP contribution in [0.1, 0.15) is 17.5 Å². The van der Waals surface area contributed by atoms with E-state index in [9.17, 15) is 0 Å². The van der Waals surface area contributed by atoms with Gasteiger partial charge in [0.15, 0.2) is 0 Å². The van der Waals surface area contributed by atoms with Gasteiger partial charge >= 0.3 is 0 Å². The molecule has 0 aliphatic rings. The summed E-state index contributed by atoms with van der Waals surface area (Å²) in [5.74, 6) is 1.49. The van der Waals surface area contributed by atoms with Crippen LogP contribution in [0.25, 0.3) is 0 Å². The summed E-state index contributed by atoms with van der Waals surface area (Å²) in [5.41, 5.74) is 1.64. The van der Waals surface area contributed by atoms with E-state index in [1.165, 1.54) is 0 Å². The van der Waals surface area contributed by atoms with E-state index >= 15 is 0 Å². The maximum atomic E-state index is 8.76. The SMILES string of the molecule is Cc1ccccc1OCCCOc1ccc(C#N)cc1Cl. The topological polar surface area (TPSA) is 42.2 Å². The van der Waals surface area contributed by atoms with Crippen molar-refractivity contribution in [3.8, 4) is 17.6 Å². The van der Waals surface area contributed by atoms with Crippen LogP contribution in [0.5, 0.6) is 11.5 Å². The van der Waals surface area contributed by atoms with Gasteiger partial charge in [0.05, 0.1) is 29.9 Å². The van der Waals surface area contributed by atoms with Gasteiger partial charge in [-0.25, -0.2) is 0 Å². The van der Waals surface area contributed by atoms with Crippen molar-refractivity contribution in [2.24, 2.45) is 0 Å². The maximum absolute atomic E-state index is 8.76. The lowest BCUT2D eigenvalue weighted by molar-refractivity contribution is 0.246. The molecule has 0 fully saturated rings. The number of hydrogen-bond acceptors (Lipinski definition) is 3. The van der Waals surface area contributed by atoms with Gasteiger partial charge in [-0.2, -0.15) is 5.26 Å². The molecule has 0 amide bonds. The zero-order chi connectivity index (χ0) is 15.1. The summed E-state index contributed by atoms with van der Waals surface area (Å²) >= 11 is 6.03. The molecular weight excluding hydrogens is 286 g/mol. The van der Waals surface area contributed by atoms with Crippen LogP contribution >= 0.6 is 11.6 Å². The highest BCUT2D eigenvalue weighted by Gasteiger charge is 2.03. The number of benzene rings is 2. The van der Waals surface area contributed by atoms with Gasteiger partial charge < -0.3 is 9.47 Å². The first-order valence-corrected chi connectivity index (χ1v) is 7.09.